The van der Waals surface area contributed by atoms with E-state index < -0.39 is 0 Å². The molecule has 2 aromatic carbocycles. The van der Waals surface area contributed by atoms with Gasteiger partial charge in [-0.15, -0.1) is 0 Å². The molecule has 1 fully saturated rings. The fraction of sp³-hybridized carbons (Fsp3) is 0.286. The van der Waals surface area contributed by atoms with Gasteiger partial charge in [-0.2, -0.15) is 0 Å². The van der Waals surface area contributed by atoms with Crippen LogP contribution in [0, 0.1) is 12.8 Å². The molecule has 0 saturated carbocycles. The number of amides is 1. The van der Waals surface area contributed by atoms with Gasteiger partial charge in [0.2, 0.25) is 5.91 Å². The number of nitrogens with zero attached hydrogens (tertiary/aromatic N) is 2. The lowest BCUT2D eigenvalue weighted by Crippen LogP contribution is -2.43. The standard InChI is InChI=1S/C21H21ClN4O2/c1-13-15(22)7-4-10-16(13)24-20(27)14-6-5-11-26(12-14)19-21(28)25-18-9-3-2-8-17(18)23-19/h2-4,7-10,14H,5-6,11-12H2,1H3,(H,24,27)(H,25,28). The molecule has 3 aromatic rings. The van der Waals surface area contributed by atoms with Crippen molar-refractivity contribution in [2.75, 3.05) is 23.3 Å². The van der Waals surface area contributed by atoms with Crippen molar-refractivity contribution in [2.24, 2.45) is 5.92 Å². The molecular weight excluding hydrogens is 376 g/mol. The predicted molar refractivity (Wildman–Crippen MR) is 112 cm³/mol. The number of halogens is 1. The lowest BCUT2D eigenvalue weighted by atomic mass is 9.97. The van der Waals surface area contributed by atoms with Gasteiger partial charge in [0.25, 0.3) is 5.56 Å². The highest BCUT2D eigenvalue weighted by atomic mass is 35.5. The van der Waals surface area contributed by atoms with Gasteiger partial charge in [-0.25, -0.2) is 4.98 Å². The summed E-state index contributed by atoms with van der Waals surface area (Å²) in [5.41, 5.74) is 2.77. The second-order valence-electron chi connectivity index (χ2n) is 7.09. The number of hydrogen-bond acceptors (Lipinski definition) is 4. The van der Waals surface area contributed by atoms with Gasteiger partial charge in [0.05, 0.1) is 17.0 Å². The number of benzene rings is 2. The maximum absolute atomic E-state index is 12.8. The minimum atomic E-state index is -0.231. The van der Waals surface area contributed by atoms with Crippen molar-refractivity contribution in [3.05, 3.63) is 63.4 Å². The molecule has 2 heterocycles. The Labute approximate surface area is 167 Å². The second-order valence-corrected chi connectivity index (χ2v) is 7.50. The van der Waals surface area contributed by atoms with E-state index >= 15 is 0 Å². The Bertz CT molecular complexity index is 1100. The third-order valence-corrected chi connectivity index (χ3v) is 5.61. The molecule has 28 heavy (non-hydrogen) atoms. The molecule has 1 aliphatic rings. The zero-order valence-electron chi connectivity index (χ0n) is 15.5. The quantitative estimate of drug-likeness (QED) is 0.706. The van der Waals surface area contributed by atoms with Crippen LogP contribution in [0.3, 0.4) is 0 Å². The number of piperidine rings is 1. The number of hydrogen-bond donors (Lipinski definition) is 2. The van der Waals surface area contributed by atoms with E-state index in [-0.39, 0.29) is 17.4 Å². The van der Waals surface area contributed by atoms with Crippen LogP contribution in [-0.2, 0) is 4.79 Å². The van der Waals surface area contributed by atoms with E-state index in [1.807, 2.05) is 48.2 Å². The van der Waals surface area contributed by atoms with Gasteiger partial charge >= 0.3 is 0 Å². The van der Waals surface area contributed by atoms with E-state index in [9.17, 15) is 9.59 Å². The van der Waals surface area contributed by atoms with Crippen LogP contribution in [0.1, 0.15) is 18.4 Å². The first kappa shape index (κ1) is 18.5. The van der Waals surface area contributed by atoms with E-state index in [0.717, 1.165) is 29.6 Å². The molecule has 144 valence electrons. The van der Waals surface area contributed by atoms with Crippen molar-refractivity contribution in [3.63, 3.8) is 0 Å². The Morgan fingerprint density at radius 2 is 2.07 bits per heavy atom. The van der Waals surface area contributed by atoms with Gasteiger partial charge in [-0.1, -0.05) is 29.8 Å². The largest absolute Gasteiger partial charge is 0.351 e. The monoisotopic (exact) mass is 396 g/mol. The number of carbonyl (C=O) groups is 1. The number of para-hydroxylation sites is 2. The van der Waals surface area contributed by atoms with Crippen molar-refractivity contribution in [2.45, 2.75) is 19.8 Å². The molecule has 0 spiro atoms. The number of aromatic nitrogens is 2. The van der Waals surface area contributed by atoms with Crippen LogP contribution in [0.25, 0.3) is 11.0 Å². The third-order valence-electron chi connectivity index (χ3n) is 5.20. The van der Waals surface area contributed by atoms with Crippen molar-refractivity contribution in [3.8, 4) is 0 Å². The Balaban J connectivity index is 1.54. The normalized spacial score (nSPS) is 16.9. The molecular formula is C21H21ClN4O2. The maximum Gasteiger partial charge on any atom is 0.291 e. The summed E-state index contributed by atoms with van der Waals surface area (Å²) in [6, 6.07) is 12.9. The summed E-state index contributed by atoms with van der Waals surface area (Å²) in [5.74, 6) is 0.0854. The third kappa shape index (κ3) is 3.60. The van der Waals surface area contributed by atoms with Gasteiger partial charge in [0.15, 0.2) is 5.82 Å². The highest BCUT2D eigenvalue weighted by Gasteiger charge is 2.28. The molecule has 0 radical (unpaired) electrons. The van der Waals surface area contributed by atoms with Crippen molar-refractivity contribution >= 4 is 40.0 Å². The molecule has 6 nitrogen and oxygen atoms in total. The molecule has 1 amide bonds. The SMILES string of the molecule is Cc1c(Cl)cccc1NC(=O)C1CCCN(c2nc3ccccc3[nH]c2=O)C1. The summed E-state index contributed by atoms with van der Waals surface area (Å²) in [7, 11) is 0. The maximum atomic E-state index is 12.8. The fourth-order valence-electron chi connectivity index (χ4n) is 3.60. The van der Waals surface area contributed by atoms with E-state index in [1.54, 1.807) is 6.07 Å². The summed E-state index contributed by atoms with van der Waals surface area (Å²) < 4.78 is 0. The van der Waals surface area contributed by atoms with Crippen molar-refractivity contribution < 1.29 is 4.79 Å². The summed E-state index contributed by atoms with van der Waals surface area (Å²) in [5, 5.41) is 3.60. The molecule has 7 heteroatoms. The van der Waals surface area contributed by atoms with Crippen LogP contribution in [0.5, 0.6) is 0 Å². The second kappa shape index (κ2) is 7.64. The number of carbonyl (C=O) groups excluding carboxylic acids is 1. The van der Waals surface area contributed by atoms with Crippen LogP contribution in [-0.4, -0.2) is 29.0 Å². The van der Waals surface area contributed by atoms with Crippen molar-refractivity contribution in [1.29, 1.82) is 0 Å². The molecule has 1 unspecified atom stereocenters. The summed E-state index contributed by atoms with van der Waals surface area (Å²) in [6.07, 6.45) is 1.59. The van der Waals surface area contributed by atoms with Crippen LogP contribution in [0.15, 0.2) is 47.3 Å². The molecule has 1 saturated heterocycles. The minimum Gasteiger partial charge on any atom is -0.351 e. The highest BCUT2D eigenvalue weighted by molar-refractivity contribution is 6.31. The number of nitrogens with one attached hydrogen (secondary N) is 2. The first-order valence-electron chi connectivity index (χ1n) is 9.33. The predicted octanol–water partition coefficient (Wildman–Crippen LogP) is 3.74. The highest BCUT2D eigenvalue weighted by Crippen LogP contribution is 2.26. The number of fused-ring (bicyclic) bond motifs is 1. The molecule has 4 rings (SSSR count). The van der Waals surface area contributed by atoms with Gasteiger partial charge in [-0.3, -0.25) is 9.59 Å². The molecule has 1 aliphatic heterocycles. The summed E-state index contributed by atoms with van der Waals surface area (Å²) in [6.45, 7) is 3.04. The van der Waals surface area contributed by atoms with Gasteiger partial charge in [0, 0.05) is 23.8 Å². The lowest BCUT2D eigenvalue weighted by molar-refractivity contribution is -0.120. The number of H-pyrrole nitrogens is 1. The number of anilines is 2. The molecule has 1 aromatic heterocycles. The van der Waals surface area contributed by atoms with E-state index in [0.29, 0.717) is 29.4 Å². The summed E-state index contributed by atoms with van der Waals surface area (Å²) in [4.78, 5) is 34.6. The van der Waals surface area contributed by atoms with Crippen LogP contribution >= 0.6 is 11.6 Å². The Kier molecular flexibility index (Phi) is 5.05. The minimum absolute atomic E-state index is 0.0627. The zero-order valence-corrected chi connectivity index (χ0v) is 16.3. The molecule has 0 aliphatic carbocycles. The van der Waals surface area contributed by atoms with Crippen LogP contribution in [0.4, 0.5) is 11.5 Å². The topological polar surface area (TPSA) is 78.1 Å². The smallest absolute Gasteiger partial charge is 0.291 e. The fourth-order valence-corrected chi connectivity index (χ4v) is 3.77. The van der Waals surface area contributed by atoms with E-state index in [1.165, 1.54) is 0 Å². The van der Waals surface area contributed by atoms with Gasteiger partial charge < -0.3 is 15.2 Å². The first-order chi connectivity index (χ1) is 13.5. The van der Waals surface area contributed by atoms with Gasteiger partial charge in [0.1, 0.15) is 0 Å². The zero-order chi connectivity index (χ0) is 19.7. The molecule has 0 bridgehead atoms. The average Bonchev–Trinajstić information content (AvgIpc) is 2.71. The van der Waals surface area contributed by atoms with Crippen molar-refractivity contribution in [1.82, 2.24) is 9.97 Å². The van der Waals surface area contributed by atoms with E-state index in [2.05, 4.69) is 15.3 Å². The molecule has 1 atom stereocenters. The van der Waals surface area contributed by atoms with E-state index in [4.69, 9.17) is 11.6 Å². The molecule has 2 N–H and O–H groups in total. The average molecular weight is 397 g/mol. The Morgan fingerprint density at radius 3 is 2.93 bits per heavy atom. The first-order valence-corrected chi connectivity index (χ1v) is 9.71. The van der Waals surface area contributed by atoms with Crippen LogP contribution < -0.4 is 15.8 Å². The number of rotatable bonds is 3. The van der Waals surface area contributed by atoms with Crippen LogP contribution in [0.2, 0.25) is 5.02 Å². The van der Waals surface area contributed by atoms with Gasteiger partial charge in [-0.05, 0) is 49.6 Å². The Hall–Kier alpha value is -2.86. The summed E-state index contributed by atoms with van der Waals surface area (Å²) >= 11 is 6.15. The Morgan fingerprint density at radius 1 is 1.25 bits per heavy atom. The lowest BCUT2D eigenvalue weighted by Gasteiger charge is -2.32. The number of aromatic amines is 1.